The Kier molecular flexibility index (Phi) is 5.34. The Balaban J connectivity index is 2.49. The van der Waals surface area contributed by atoms with Crippen LogP contribution in [0.3, 0.4) is 0 Å². The van der Waals surface area contributed by atoms with Crippen LogP contribution in [0.25, 0.3) is 0 Å². The van der Waals surface area contributed by atoms with Crippen LogP contribution in [-0.2, 0) is 13.0 Å². The summed E-state index contributed by atoms with van der Waals surface area (Å²) in [6, 6.07) is 8.91. The highest BCUT2D eigenvalue weighted by atomic mass is 79.9. The van der Waals surface area contributed by atoms with Crippen molar-refractivity contribution in [3.05, 3.63) is 35.4 Å². The number of alkyl halides is 1. The van der Waals surface area contributed by atoms with Gasteiger partial charge in [-0.05, 0) is 24.6 Å². The van der Waals surface area contributed by atoms with Crippen LogP contribution >= 0.6 is 15.9 Å². The van der Waals surface area contributed by atoms with Gasteiger partial charge in [0.1, 0.15) is 0 Å². The van der Waals surface area contributed by atoms with Crippen molar-refractivity contribution in [1.82, 2.24) is 4.90 Å². The van der Waals surface area contributed by atoms with E-state index in [0.717, 1.165) is 19.5 Å². The SMILES string of the molecule is CCc1ccc(CN(C)CC(C)Br)cc1. The van der Waals surface area contributed by atoms with Gasteiger partial charge < -0.3 is 4.90 Å². The van der Waals surface area contributed by atoms with E-state index in [1.807, 2.05) is 0 Å². The summed E-state index contributed by atoms with van der Waals surface area (Å²) in [5.74, 6) is 0. The summed E-state index contributed by atoms with van der Waals surface area (Å²) in [4.78, 5) is 2.89. The van der Waals surface area contributed by atoms with Crippen LogP contribution in [0.4, 0.5) is 0 Å². The third-order valence-electron chi connectivity index (χ3n) is 2.45. The Morgan fingerprint density at radius 1 is 1.20 bits per heavy atom. The standard InChI is InChI=1S/C13H20BrN/c1-4-12-5-7-13(8-6-12)10-15(3)9-11(2)14/h5-8,11H,4,9-10H2,1-3H3. The molecule has 0 aliphatic carbocycles. The van der Waals surface area contributed by atoms with Gasteiger partial charge >= 0.3 is 0 Å². The summed E-state index contributed by atoms with van der Waals surface area (Å²) in [6.45, 7) is 6.47. The Morgan fingerprint density at radius 2 is 1.73 bits per heavy atom. The molecule has 1 nitrogen and oxygen atoms in total. The van der Waals surface area contributed by atoms with E-state index in [4.69, 9.17) is 0 Å². The van der Waals surface area contributed by atoms with Crippen molar-refractivity contribution in [2.75, 3.05) is 13.6 Å². The molecule has 1 aromatic rings. The van der Waals surface area contributed by atoms with Crippen molar-refractivity contribution in [3.63, 3.8) is 0 Å². The van der Waals surface area contributed by atoms with Crippen molar-refractivity contribution < 1.29 is 0 Å². The highest BCUT2D eigenvalue weighted by molar-refractivity contribution is 9.09. The lowest BCUT2D eigenvalue weighted by Crippen LogP contribution is -2.23. The van der Waals surface area contributed by atoms with Gasteiger partial charge in [-0.1, -0.05) is 54.0 Å². The molecular formula is C13H20BrN. The van der Waals surface area contributed by atoms with Crippen LogP contribution in [0.5, 0.6) is 0 Å². The van der Waals surface area contributed by atoms with Gasteiger partial charge in [0.15, 0.2) is 0 Å². The van der Waals surface area contributed by atoms with Crippen LogP contribution in [0, 0.1) is 0 Å². The molecule has 0 saturated heterocycles. The number of halogens is 1. The van der Waals surface area contributed by atoms with E-state index in [0.29, 0.717) is 4.83 Å². The number of rotatable bonds is 5. The predicted molar refractivity (Wildman–Crippen MR) is 70.5 cm³/mol. The first kappa shape index (κ1) is 12.7. The highest BCUT2D eigenvalue weighted by Gasteiger charge is 2.03. The van der Waals surface area contributed by atoms with E-state index >= 15 is 0 Å². The molecule has 0 spiro atoms. The van der Waals surface area contributed by atoms with E-state index in [1.54, 1.807) is 0 Å². The molecule has 0 aromatic heterocycles. The van der Waals surface area contributed by atoms with E-state index in [9.17, 15) is 0 Å². The smallest absolute Gasteiger partial charge is 0.0244 e. The van der Waals surface area contributed by atoms with Gasteiger partial charge in [-0.3, -0.25) is 0 Å². The monoisotopic (exact) mass is 269 g/mol. The molecule has 0 saturated carbocycles. The van der Waals surface area contributed by atoms with E-state index < -0.39 is 0 Å². The average molecular weight is 270 g/mol. The summed E-state index contributed by atoms with van der Waals surface area (Å²) in [6.07, 6.45) is 1.12. The van der Waals surface area contributed by atoms with E-state index in [1.165, 1.54) is 11.1 Å². The first-order valence-corrected chi connectivity index (χ1v) is 6.43. The fourth-order valence-electron chi connectivity index (χ4n) is 1.69. The van der Waals surface area contributed by atoms with Crippen LogP contribution in [0.1, 0.15) is 25.0 Å². The van der Waals surface area contributed by atoms with Crippen LogP contribution in [0.2, 0.25) is 0 Å². The fourth-order valence-corrected chi connectivity index (χ4v) is 2.18. The Morgan fingerprint density at radius 3 is 2.20 bits per heavy atom. The Hall–Kier alpha value is -0.340. The molecule has 0 heterocycles. The third kappa shape index (κ3) is 4.80. The van der Waals surface area contributed by atoms with Gasteiger partial charge in [-0.25, -0.2) is 0 Å². The van der Waals surface area contributed by atoms with Gasteiger partial charge in [0.2, 0.25) is 0 Å². The topological polar surface area (TPSA) is 3.24 Å². The lowest BCUT2D eigenvalue weighted by atomic mass is 10.1. The van der Waals surface area contributed by atoms with Crippen LogP contribution in [0.15, 0.2) is 24.3 Å². The molecule has 0 fully saturated rings. The summed E-state index contributed by atoms with van der Waals surface area (Å²) in [5.41, 5.74) is 2.80. The maximum atomic E-state index is 3.57. The van der Waals surface area contributed by atoms with Crippen molar-refractivity contribution in [2.24, 2.45) is 0 Å². The molecule has 0 aliphatic heterocycles. The molecular weight excluding hydrogens is 250 g/mol. The number of hydrogen-bond donors (Lipinski definition) is 0. The van der Waals surface area contributed by atoms with Crippen LogP contribution < -0.4 is 0 Å². The second kappa shape index (κ2) is 6.29. The third-order valence-corrected chi connectivity index (χ3v) is 2.74. The van der Waals surface area contributed by atoms with Gasteiger partial charge in [-0.15, -0.1) is 0 Å². The molecule has 1 unspecified atom stereocenters. The van der Waals surface area contributed by atoms with Gasteiger partial charge in [-0.2, -0.15) is 0 Å². The zero-order chi connectivity index (χ0) is 11.3. The molecule has 1 atom stereocenters. The van der Waals surface area contributed by atoms with Crippen LogP contribution in [-0.4, -0.2) is 23.3 Å². The maximum Gasteiger partial charge on any atom is 0.0244 e. The van der Waals surface area contributed by atoms with Crippen molar-refractivity contribution in [3.8, 4) is 0 Å². The van der Waals surface area contributed by atoms with Gasteiger partial charge in [0.05, 0.1) is 0 Å². The van der Waals surface area contributed by atoms with Gasteiger partial charge in [0, 0.05) is 17.9 Å². The summed E-state index contributed by atoms with van der Waals surface area (Å²) in [7, 11) is 2.16. The van der Waals surface area contributed by atoms with Crippen molar-refractivity contribution in [2.45, 2.75) is 31.6 Å². The molecule has 1 rings (SSSR count). The van der Waals surface area contributed by atoms with Crippen molar-refractivity contribution in [1.29, 1.82) is 0 Å². The number of hydrogen-bond acceptors (Lipinski definition) is 1. The minimum Gasteiger partial charge on any atom is -0.301 e. The number of benzene rings is 1. The van der Waals surface area contributed by atoms with Gasteiger partial charge in [0.25, 0.3) is 0 Å². The molecule has 0 bridgehead atoms. The largest absolute Gasteiger partial charge is 0.301 e. The second-order valence-electron chi connectivity index (χ2n) is 4.15. The summed E-state index contributed by atoms with van der Waals surface area (Å²) >= 11 is 3.57. The zero-order valence-corrected chi connectivity index (χ0v) is 11.4. The molecule has 15 heavy (non-hydrogen) atoms. The number of nitrogens with zero attached hydrogens (tertiary/aromatic N) is 1. The molecule has 0 amide bonds. The van der Waals surface area contributed by atoms with E-state index in [-0.39, 0.29) is 0 Å². The Labute approximate surface area is 102 Å². The minimum atomic E-state index is 0.553. The molecule has 0 N–H and O–H groups in total. The first-order chi connectivity index (χ1) is 7.11. The minimum absolute atomic E-state index is 0.553. The number of aryl methyl sites for hydroxylation is 1. The first-order valence-electron chi connectivity index (χ1n) is 5.52. The second-order valence-corrected chi connectivity index (χ2v) is 5.71. The quantitative estimate of drug-likeness (QED) is 0.740. The molecule has 84 valence electrons. The average Bonchev–Trinajstić information content (AvgIpc) is 2.17. The summed E-state index contributed by atoms with van der Waals surface area (Å²) in [5, 5.41) is 0. The van der Waals surface area contributed by atoms with Crippen molar-refractivity contribution >= 4 is 15.9 Å². The molecule has 0 radical (unpaired) electrons. The molecule has 1 aromatic carbocycles. The molecule has 2 heteroatoms. The zero-order valence-electron chi connectivity index (χ0n) is 9.83. The van der Waals surface area contributed by atoms with E-state index in [2.05, 4.69) is 66.0 Å². The lowest BCUT2D eigenvalue weighted by Gasteiger charge is -2.18. The maximum absolute atomic E-state index is 3.57. The lowest BCUT2D eigenvalue weighted by molar-refractivity contribution is 0.333. The Bertz CT molecular complexity index is 279. The fraction of sp³-hybridized carbons (Fsp3) is 0.538. The highest BCUT2D eigenvalue weighted by Crippen LogP contribution is 2.08. The molecule has 0 aliphatic rings. The predicted octanol–water partition coefficient (Wildman–Crippen LogP) is 3.46. The summed E-state index contributed by atoms with van der Waals surface area (Å²) < 4.78 is 0. The normalized spacial score (nSPS) is 13.1.